The Morgan fingerprint density at radius 2 is 2.00 bits per heavy atom. The zero-order valence-corrected chi connectivity index (χ0v) is 25.8. The second kappa shape index (κ2) is 12.6. The van der Waals surface area contributed by atoms with Crippen LogP contribution in [0.4, 0.5) is 5.13 Å². The normalized spacial score (nSPS) is 23.4. The second-order valence-electron chi connectivity index (χ2n) is 10.4. The Kier molecular flexibility index (Phi) is 9.56. The number of amides is 2. The van der Waals surface area contributed by atoms with E-state index in [1.165, 1.54) is 23.8 Å². The van der Waals surface area contributed by atoms with Crippen molar-refractivity contribution < 1.29 is 38.2 Å². The number of anilines is 1. The summed E-state index contributed by atoms with van der Waals surface area (Å²) in [6.07, 6.45) is 3.08. The largest absolute Gasteiger partial charge is 0.427 e. The first-order chi connectivity index (χ1) is 19.4. The predicted molar refractivity (Wildman–Crippen MR) is 155 cm³/mol. The number of carbonyl (C=O) groups excluding carboxylic acids is 4. The van der Waals surface area contributed by atoms with Crippen LogP contribution in [0.1, 0.15) is 39.3 Å². The molecule has 0 bridgehead atoms. The minimum absolute atomic E-state index is 0.0131. The van der Waals surface area contributed by atoms with Crippen molar-refractivity contribution >= 4 is 69.5 Å². The van der Waals surface area contributed by atoms with E-state index in [0.717, 1.165) is 28.7 Å². The number of carbonyl (C=O) groups is 4. The number of nitrogens with one attached hydrogen (secondary N) is 1. The number of hydrogen-bond acceptors (Lipinski definition) is 14. The Hall–Kier alpha value is -2.82. The van der Waals surface area contributed by atoms with Crippen molar-refractivity contribution in [3.63, 3.8) is 0 Å². The van der Waals surface area contributed by atoms with E-state index in [-0.39, 0.29) is 28.2 Å². The van der Waals surface area contributed by atoms with Crippen LogP contribution in [0, 0.1) is 11.3 Å². The summed E-state index contributed by atoms with van der Waals surface area (Å²) in [5, 5.41) is 7.80. The highest BCUT2D eigenvalue weighted by atomic mass is 32.2. The first-order valence-corrected chi connectivity index (χ1v) is 15.9. The van der Waals surface area contributed by atoms with Gasteiger partial charge in [0, 0.05) is 24.3 Å². The number of oxime groups is 1. The van der Waals surface area contributed by atoms with Crippen LogP contribution in [-0.4, -0.2) is 88.7 Å². The number of β-lactam (4-membered cyclic amide) rings is 1. The van der Waals surface area contributed by atoms with Crippen LogP contribution in [-0.2, 0) is 38.2 Å². The minimum atomic E-state index is -1.40. The molecular weight excluding hydrogens is 595 g/mol. The molecule has 2 saturated heterocycles. The smallest absolute Gasteiger partial charge is 0.357 e. The maximum absolute atomic E-state index is 13.9. The molecule has 2 atom stereocenters. The average molecular weight is 628 g/mol. The molecule has 2 fully saturated rings. The maximum Gasteiger partial charge on any atom is 0.357 e. The van der Waals surface area contributed by atoms with Crippen LogP contribution in [0.2, 0.25) is 0 Å². The Bertz CT molecular complexity index is 1270. The fourth-order valence-electron chi connectivity index (χ4n) is 4.59. The molecular formula is C25H33N5O8S3. The van der Waals surface area contributed by atoms with Crippen molar-refractivity contribution in [2.24, 2.45) is 16.5 Å². The topological polar surface area (TPSA) is 172 Å². The van der Waals surface area contributed by atoms with E-state index in [2.05, 4.69) is 15.5 Å². The molecule has 3 aliphatic heterocycles. The molecule has 0 spiro atoms. The van der Waals surface area contributed by atoms with Crippen LogP contribution in [0.25, 0.3) is 0 Å². The van der Waals surface area contributed by atoms with Crippen LogP contribution in [0.5, 0.6) is 0 Å². The number of nitrogen functional groups attached to an aromatic ring is 1. The molecule has 0 saturated carbocycles. The van der Waals surface area contributed by atoms with Crippen molar-refractivity contribution in [2.45, 2.75) is 43.9 Å². The van der Waals surface area contributed by atoms with E-state index in [9.17, 15) is 19.2 Å². The van der Waals surface area contributed by atoms with Crippen molar-refractivity contribution in [2.75, 3.05) is 44.9 Å². The van der Waals surface area contributed by atoms with Gasteiger partial charge in [0.15, 0.2) is 15.7 Å². The molecule has 3 aliphatic rings. The number of thioether (sulfide) groups is 2. The van der Waals surface area contributed by atoms with Gasteiger partial charge in [-0.15, -0.1) is 34.9 Å². The third-order valence-electron chi connectivity index (χ3n) is 6.74. The summed E-state index contributed by atoms with van der Waals surface area (Å²) in [6, 6.07) is 0. The highest BCUT2D eigenvalue weighted by Crippen LogP contribution is 2.52. The highest BCUT2D eigenvalue weighted by molar-refractivity contribution is 8.05. The lowest BCUT2D eigenvalue weighted by molar-refractivity contribution is -0.173. The van der Waals surface area contributed by atoms with Crippen LogP contribution >= 0.6 is 34.9 Å². The van der Waals surface area contributed by atoms with Crippen molar-refractivity contribution in [1.29, 1.82) is 0 Å². The molecule has 2 amide bonds. The number of aromatic nitrogens is 1. The Morgan fingerprint density at radius 3 is 2.59 bits per heavy atom. The Balaban J connectivity index is 1.60. The van der Waals surface area contributed by atoms with Gasteiger partial charge in [0.2, 0.25) is 6.79 Å². The molecule has 3 N–H and O–H groups in total. The first kappa shape index (κ1) is 31.1. The standard InChI is InChI=1S/C25H33N5O8S3/c1-24(2,3)22(34)38-12-37-19(32)17-14(13-6-8-36-9-7-13)10-40-21-25(39-5,20(33)30(17)21)28-18(31)16(29-35-4)15-11-41-23(26)27-15/h11,13,21H,6-10,12H2,1-5H3,(H2,26,27)(H,28,31)/t21-,25?/m0/s1. The zero-order chi connectivity index (χ0) is 29.9. The summed E-state index contributed by atoms with van der Waals surface area (Å²) in [4.78, 5) is 61.8. The lowest BCUT2D eigenvalue weighted by Gasteiger charge is -2.57. The maximum atomic E-state index is 13.9. The molecule has 1 unspecified atom stereocenters. The zero-order valence-electron chi connectivity index (χ0n) is 23.4. The quantitative estimate of drug-likeness (QED) is 0.134. The number of ether oxygens (including phenoxy) is 3. The summed E-state index contributed by atoms with van der Waals surface area (Å²) in [7, 11) is 1.29. The number of thiazole rings is 1. The van der Waals surface area contributed by atoms with E-state index >= 15 is 0 Å². The van der Waals surface area contributed by atoms with Gasteiger partial charge in [0.25, 0.3) is 11.8 Å². The van der Waals surface area contributed by atoms with Gasteiger partial charge in [0.1, 0.15) is 23.9 Å². The van der Waals surface area contributed by atoms with Crippen LogP contribution in [0.15, 0.2) is 21.8 Å². The van der Waals surface area contributed by atoms with Gasteiger partial charge < -0.3 is 30.1 Å². The molecule has 4 heterocycles. The van der Waals surface area contributed by atoms with Crippen molar-refractivity contribution in [3.05, 3.63) is 22.3 Å². The number of nitrogens with two attached hydrogens (primary N) is 1. The number of fused-ring (bicyclic) bond motifs is 1. The second-order valence-corrected chi connectivity index (χ2v) is 13.4. The molecule has 224 valence electrons. The van der Waals surface area contributed by atoms with E-state index in [1.807, 2.05) is 0 Å². The van der Waals surface area contributed by atoms with Crippen LogP contribution < -0.4 is 11.1 Å². The molecule has 4 rings (SSSR count). The van der Waals surface area contributed by atoms with Crippen molar-refractivity contribution in [1.82, 2.24) is 15.2 Å². The number of esters is 2. The lowest BCUT2D eigenvalue weighted by atomic mass is 9.89. The summed E-state index contributed by atoms with van der Waals surface area (Å²) in [6.45, 7) is 5.55. The summed E-state index contributed by atoms with van der Waals surface area (Å²) < 4.78 is 16.0. The van der Waals surface area contributed by atoms with Gasteiger partial charge in [0.05, 0.1) is 5.41 Å². The summed E-state index contributed by atoms with van der Waals surface area (Å²) in [5.74, 6) is -2.02. The van der Waals surface area contributed by atoms with E-state index in [0.29, 0.717) is 31.8 Å². The summed E-state index contributed by atoms with van der Waals surface area (Å²) in [5.41, 5.74) is 5.92. The monoisotopic (exact) mass is 627 g/mol. The van der Waals surface area contributed by atoms with E-state index < -0.39 is 46.2 Å². The van der Waals surface area contributed by atoms with Gasteiger partial charge in [-0.05, 0) is 51.4 Å². The number of hydrogen-bond donors (Lipinski definition) is 2. The minimum Gasteiger partial charge on any atom is -0.427 e. The van der Waals surface area contributed by atoms with E-state index in [4.69, 9.17) is 24.8 Å². The molecule has 0 aliphatic carbocycles. The van der Waals surface area contributed by atoms with E-state index in [1.54, 1.807) is 32.4 Å². The Labute approximate surface area is 249 Å². The van der Waals surface area contributed by atoms with Gasteiger partial charge >= 0.3 is 11.9 Å². The van der Waals surface area contributed by atoms with Gasteiger partial charge in [-0.2, -0.15) is 0 Å². The molecule has 16 heteroatoms. The average Bonchev–Trinajstić information content (AvgIpc) is 3.38. The lowest BCUT2D eigenvalue weighted by Crippen LogP contribution is -2.78. The van der Waals surface area contributed by atoms with Gasteiger partial charge in [-0.1, -0.05) is 5.16 Å². The number of rotatable bonds is 9. The fraction of sp³-hybridized carbons (Fsp3) is 0.600. The van der Waals surface area contributed by atoms with Crippen molar-refractivity contribution in [3.8, 4) is 0 Å². The SMILES string of the molecule is CON=C(C(=O)NC1(SC)C(=O)N2C(C(=O)OCOC(=O)C(C)(C)C)=C(C3CCOCC3)CS[C@H]21)c1csc(N)n1. The highest BCUT2D eigenvalue weighted by Gasteiger charge is 2.66. The Morgan fingerprint density at radius 1 is 1.29 bits per heavy atom. The predicted octanol–water partition coefficient (Wildman–Crippen LogP) is 1.94. The van der Waals surface area contributed by atoms with Gasteiger partial charge in [-0.25, -0.2) is 9.78 Å². The molecule has 1 aromatic rings. The van der Waals surface area contributed by atoms with Gasteiger partial charge in [-0.3, -0.25) is 19.3 Å². The molecule has 1 aromatic heterocycles. The fourth-order valence-corrected chi connectivity index (χ4v) is 7.86. The molecule has 0 aromatic carbocycles. The molecule has 41 heavy (non-hydrogen) atoms. The molecule has 13 nitrogen and oxygen atoms in total. The number of nitrogens with zero attached hydrogens (tertiary/aromatic N) is 3. The third kappa shape index (κ3) is 6.20. The first-order valence-electron chi connectivity index (χ1n) is 12.7. The molecule has 0 radical (unpaired) electrons. The third-order valence-corrected chi connectivity index (χ3v) is 10.1. The summed E-state index contributed by atoms with van der Waals surface area (Å²) >= 11 is 3.72. The van der Waals surface area contributed by atoms with Crippen LogP contribution in [0.3, 0.4) is 0 Å².